The summed E-state index contributed by atoms with van der Waals surface area (Å²) in [4.78, 5) is 14.7. The number of methoxy groups -OCH3 is 2. The van der Waals surface area contributed by atoms with Crippen LogP contribution in [0.2, 0.25) is 0 Å². The lowest BCUT2D eigenvalue weighted by molar-refractivity contribution is -0.140. The number of ether oxygens (including phenoxy) is 3. The van der Waals surface area contributed by atoms with Crippen molar-refractivity contribution in [3.63, 3.8) is 0 Å². The van der Waals surface area contributed by atoms with E-state index in [0.29, 0.717) is 25.4 Å². The summed E-state index contributed by atoms with van der Waals surface area (Å²) in [6.07, 6.45) is 0.728. The number of fused-ring (bicyclic) bond motifs is 1. The summed E-state index contributed by atoms with van der Waals surface area (Å²) < 4.78 is 16.3. The Morgan fingerprint density at radius 1 is 1.26 bits per heavy atom. The lowest BCUT2D eigenvalue weighted by atomic mass is 9.97. The van der Waals surface area contributed by atoms with E-state index in [2.05, 4.69) is 5.32 Å². The highest BCUT2D eigenvalue weighted by Crippen LogP contribution is 2.33. The van der Waals surface area contributed by atoms with Crippen LogP contribution in [0.25, 0.3) is 0 Å². The number of rotatable bonds is 3. The molecule has 2 aliphatic rings. The first kappa shape index (κ1) is 16.1. The molecule has 0 saturated carbocycles. The van der Waals surface area contributed by atoms with Gasteiger partial charge in [0.15, 0.2) is 11.5 Å². The third kappa shape index (κ3) is 3.14. The molecule has 1 aromatic rings. The topological polar surface area (TPSA) is 60.0 Å². The summed E-state index contributed by atoms with van der Waals surface area (Å²) in [5.74, 6) is 1.55. The fourth-order valence-corrected chi connectivity index (χ4v) is 3.28. The highest BCUT2D eigenvalue weighted by molar-refractivity contribution is 5.83. The second-order valence-electron chi connectivity index (χ2n) is 5.99. The van der Waals surface area contributed by atoms with Crippen molar-refractivity contribution in [2.45, 2.75) is 32.0 Å². The predicted molar refractivity (Wildman–Crippen MR) is 85.9 cm³/mol. The number of amides is 1. The Labute approximate surface area is 136 Å². The Morgan fingerprint density at radius 3 is 2.61 bits per heavy atom. The van der Waals surface area contributed by atoms with Gasteiger partial charge in [0.1, 0.15) is 6.04 Å². The maximum absolute atomic E-state index is 12.8. The largest absolute Gasteiger partial charge is 0.493 e. The van der Waals surface area contributed by atoms with Crippen LogP contribution >= 0.6 is 0 Å². The number of nitrogens with one attached hydrogen (secondary N) is 1. The second-order valence-corrected chi connectivity index (χ2v) is 5.99. The van der Waals surface area contributed by atoms with Crippen LogP contribution in [-0.4, -0.2) is 56.9 Å². The molecule has 2 aliphatic heterocycles. The number of carbonyl (C=O) groups is 1. The van der Waals surface area contributed by atoms with E-state index in [1.807, 2.05) is 24.0 Å². The fourth-order valence-electron chi connectivity index (χ4n) is 3.28. The molecule has 2 heterocycles. The molecule has 1 aromatic carbocycles. The Morgan fingerprint density at radius 2 is 1.96 bits per heavy atom. The first-order valence-corrected chi connectivity index (χ1v) is 8.01. The predicted octanol–water partition coefficient (Wildman–Crippen LogP) is 0.965. The molecular formula is C17H24N2O4. The van der Waals surface area contributed by atoms with Crippen molar-refractivity contribution < 1.29 is 19.0 Å². The van der Waals surface area contributed by atoms with Crippen molar-refractivity contribution in [2.75, 3.05) is 33.9 Å². The van der Waals surface area contributed by atoms with Gasteiger partial charge in [0.2, 0.25) is 5.91 Å². The number of benzene rings is 1. The first-order valence-electron chi connectivity index (χ1n) is 8.01. The third-order valence-corrected chi connectivity index (χ3v) is 4.61. The standard InChI is InChI=1S/C17H24N2O4/c1-11-16(18-5-7-23-11)17(20)19-6-4-12-8-14(21-2)15(22-3)9-13(12)10-19/h8-9,11,16,18H,4-7,10H2,1-3H3/t11-,16+/m1/s1. The van der Waals surface area contributed by atoms with E-state index in [1.165, 1.54) is 5.56 Å². The van der Waals surface area contributed by atoms with Gasteiger partial charge in [-0.1, -0.05) is 0 Å². The molecule has 6 heteroatoms. The van der Waals surface area contributed by atoms with Gasteiger partial charge in [-0.3, -0.25) is 4.79 Å². The average Bonchev–Trinajstić information content (AvgIpc) is 2.59. The van der Waals surface area contributed by atoms with E-state index >= 15 is 0 Å². The van der Waals surface area contributed by atoms with E-state index < -0.39 is 0 Å². The zero-order valence-corrected chi connectivity index (χ0v) is 13.9. The van der Waals surface area contributed by atoms with Crippen molar-refractivity contribution in [3.05, 3.63) is 23.3 Å². The highest BCUT2D eigenvalue weighted by Gasteiger charge is 2.33. The lowest BCUT2D eigenvalue weighted by Gasteiger charge is -2.36. The van der Waals surface area contributed by atoms with Gasteiger partial charge in [-0.05, 0) is 36.6 Å². The van der Waals surface area contributed by atoms with Gasteiger partial charge in [-0.2, -0.15) is 0 Å². The Kier molecular flexibility index (Phi) is 4.73. The summed E-state index contributed by atoms with van der Waals surface area (Å²) in [6, 6.07) is 3.73. The fraction of sp³-hybridized carbons (Fsp3) is 0.588. The van der Waals surface area contributed by atoms with E-state index in [1.54, 1.807) is 14.2 Å². The molecule has 0 unspecified atom stereocenters. The summed E-state index contributed by atoms with van der Waals surface area (Å²) in [6.45, 7) is 4.63. The molecule has 0 spiro atoms. The zero-order chi connectivity index (χ0) is 16.4. The van der Waals surface area contributed by atoms with E-state index in [0.717, 1.165) is 24.3 Å². The minimum absolute atomic E-state index is 0.0944. The van der Waals surface area contributed by atoms with Gasteiger partial charge in [-0.15, -0.1) is 0 Å². The molecule has 6 nitrogen and oxygen atoms in total. The van der Waals surface area contributed by atoms with Crippen LogP contribution in [0, 0.1) is 0 Å². The quantitative estimate of drug-likeness (QED) is 0.899. The van der Waals surface area contributed by atoms with Gasteiger partial charge >= 0.3 is 0 Å². The Hall–Kier alpha value is -1.79. The first-order chi connectivity index (χ1) is 11.1. The maximum Gasteiger partial charge on any atom is 0.242 e. The van der Waals surface area contributed by atoms with Crippen LogP contribution in [0.1, 0.15) is 18.1 Å². The highest BCUT2D eigenvalue weighted by atomic mass is 16.5. The summed E-state index contributed by atoms with van der Waals surface area (Å²) >= 11 is 0. The van der Waals surface area contributed by atoms with Crippen LogP contribution < -0.4 is 14.8 Å². The molecule has 0 aliphatic carbocycles. The van der Waals surface area contributed by atoms with Crippen LogP contribution in [0.15, 0.2) is 12.1 Å². The van der Waals surface area contributed by atoms with Crippen molar-refractivity contribution >= 4 is 5.91 Å². The molecule has 1 amide bonds. The average molecular weight is 320 g/mol. The van der Waals surface area contributed by atoms with Crippen LogP contribution in [0.5, 0.6) is 11.5 Å². The number of carbonyl (C=O) groups excluding carboxylic acids is 1. The number of morpholine rings is 1. The minimum atomic E-state index is -0.259. The molecule has 0 aromatic heterocycles. The van der Waals surface area contributed by atoms with E-state index in [9.17, 15) is 4.79 Å². The summed E-state index contributed by atoms with van der Waals surface area (Å²) in [5, 5.41) is 3.27. The molecular weight excluding hydrogens is 296 g/mol. The van der Waals surface area contributed by atoms with Gasteiger partial charge in [0.05, 0.1) is 26.9 Å². The van der Waals surface area contributed by atoms with Gasteiger partial charge in [-0.25, -0.2) is 0 Å². The smallest absolute Gasteiger partial charge is 0.242 e. The van der Waals surface area contributed by atoms with Crippen molar-refractivity contribution in [1.82, 2.24) is 10.2 Å². The van der Waals surface area contributed by atoms with E-state index in [4.69, 9.17) is 14.2 Å². The minimum Gasteiger partial charge on any atom is -0.493 e. The molecule has 1 saturated heterocycles. The molecule has 0 bridgehead atoms. The van der Waals surface area contributed by atoms with E-state index in [-0.39, 0.29) is 18.1 Å². The van der Waals surface area contributed by atoms with Gasteiger partial charge in [0.25, 0.3) is 0 Å². The third-order valence-electron chi connectivity index (χ3n) is 4.61. The van der Waals surface area contributed by atoms with Gasteiger partial charge < -0.3 is 24.4 Å². The zero-order valence-electron chi connectivity index (χ0n) is 13.9. The Bertz CT molecular complexity index is 590. The number of nitrogens with zero attached hydrogens (tertiary/aromatic N) is 1. The molecule has 3 rings (SSSR count). The van der Waals surface area contributed by atoms with Gasteiger partial charge in [0, 0.05) is 19.6 Å². The Balaban J connectivity index is 1.78. The molecule has 0 radical (unpaired) electrons. The normalized spacial score (nSPS) is 24.0. The SMILES string of the molecule is COc1cc2c(cc1OC)CN(C(=O)[C@H]1NCCO[C@@H]1C)CC2. The second kappa shape index (κ2) is 6.76. The number of hydrogen-bond acceptors (Lipinski definition) is 5. The van der Waals surface area contributed by atoms with Crippen molar-refractivity contribution in [2.24, 2.45) is 0 Å². The molecule has 2 atom stereocenters. The molecule has 126 valence electrons. The van der Waals surface area contributed by atoms with Crippen molar-refractivity contribution in [3.8, 4) is 11.5 Å². The monoisotopic (exact) mass is 320 g/mol. The molecule has 1 fully saturated rings. The van der Waals surface area contributed by atoms with Crippen LogP contribution in [0.4, 0.5) is 0 Å². The maximum atomic E-state index is 12.8. The summed E-state index contributed by atoms with van der Waals surface area (Å²) in [5.41, 5.74) is 2.33. The van der Waals surface area contributed by atoms with Crippen LogP contribution in [0.3, 0.4) is 0 Å². The lowest BCUT2D eigenvalue weighted by Crippen LogP contribution is -2.57. The number of hydrogen-bond donors (Lipinski definition) is 1. The van der Waals surface area contributed by atoms with Crippen LogP contribution in [-0.2, 0) is 22.5 Å². The van der Waals surface area contributed by atoms with Crippen molar-refractivity contribution in [1.29, 1.82) is 0 Å². The molecule has 1 N–H and O–H groups in total. The molecule has 23 heavy (non-hydrogen) atoms. The summed E-state index contributed by atoms with van der Waals surface area (Å²) in [7, 11) is 3.26.